The van der Waals surface area contributed by atoms with Crippen molar-refractivity contribution >= 4 is 56.4 Å². The van der Waals surface area contributed by atoms with Gasteiger partial charge in [-0.15, -0.1) is 0 Å². The molecule has 0 aliphatic carbocycles. The zero-order valence-corrected chi connectivity index (χ0v) is 43.5. The van der Waals surface area contributed by atoms with E-state index in [9.17, 15) is 9.59 Å². The minimum atomic E-state index is -3.81. The molecule has 0 aromatic carbocycles. The van der Waals surface area contributed by atoms with E-state index in [0.29, 0.717) is 11.5 Å². The number of carbonyl (C=O) groups excluding carboxylic acids is 2. The van der Waals surface area contributed by atoms with Crippen molar-refractivity contribution in [3.05, 3.63) is 0 Å². The van der Waals surface area contributed by atoms with Gasteiger partial charge in [0.1, 0.15) is 0 Å². The van der Waals surface area contributed by atoms with E-state index in [1.807, 2.05) is 9.88 Å². The van der Waals surface area contributed by atoms with Gasteiger partial charge in [0, 0.05) is 0 Å². The number of hydrogen-bond donors (Lipinski definition) is 2. The second-order valence-corrected chi connectivity index (χ2v) is 28.3. The van der Waals surface area contributed by atoms with Crippen LogP contribution >= 0.6 is 25.3 Å². The van der Waals surface area contributed by atoms with Gasteiger partial charge in [0.15, 0.2) is 0 Å². The van der Waals surface area contributed by atoms with E-state index >= 15 is 0 Å². The average Bonchev–Trinajstić information content (AvgIpc) is 3.18. The summed E-state index contributed by atoms with van der Waals surface area (Å²) >= 11 is 5.09. The summed E-state index contributed by atoms with van der Waals surface area (Å²) in [5, 5.41) is 0. The molecule has 0 saturated heterocycles. The molecule has 7 heteroatoms. The smallest absolute Gasteiger partial charge is 0.0654 e. The predicted octanol–water partition coefficient (Wildman–Crippen LogP) is 17.5. The van der Waals surface area contributed by atoms with Gasteiger partial charge in [-0.25, -0.2) is 0 Å². The Morgan fingerprint density at radius 2 is 0.544 bits per heavy atom. The third-order valence-electron chi connectivity index (χ3n) is 12.1. The summed E-state index contributed by atoms with van der Waals surface area (Å²) in [6, 6.07) is 0. The molecule has 0 aliphatic rings. The molecule has 0 bridgehead atoms. The molecule has 4 nitrogen and oxygen atoms in total. The first-order chi connectivity index (χ1) is 27.8. The van der Waals surface area contributed by atoms with Gasteiger partial charge in [-0.2, -0.15) is 0 Å². The molecular weight excluding hydrogens is 847 g/mol. The normalized spacial score (nSPS) is 12.9. The van der Waals surface area contributed by atoms with Crippen molar-refractivity contribution in [3.63, 3.8) is 0 Å². The molecule has 2 unspecified atom stereocenters. The number of rotatable bonds is 46. The molecule has 0 radical (unpaired) electrons. The summed E-state index contributed by atoms with van der Waals surface area (Å²) in [6.07, 6.45) is 52.0. The first-order valence-corrected chi connectivity index (χ1v) is 34.8. The van der Waals surface area contributed by atoms with Crippen LogP contribution in [0.2, 0.25) is 9.88 Å². The fraction of sp³-hybridized carbons (Fsp3) is 0.960. The van der Waals surface area contributed by atoms with Crippen LogP contribution in [0.15, 0.2) is 0 Å². The Kier molecular flexibility index (Phi) is 44.8. The zero-order valence-electron chi connectivity index (χ0n) is 38.9. The third-order valence-corrected chi connectivity index (χ3v) is 16.6. The molecule has 0 fully saturated rings. The van der Waals surface area contributed by atoms with Crippen LogP contribution in [0.1, 0.15) is 271 Å². The van der Waals surface area contributed by atoms with Crippen molar-refractivity contribution in [2.75, 3.05) is 11.5 Å². The molecule has 2 atom stereocenters. The SMILES string of the molecule is CCCCCCCCCCCCCCCCCCCCC(CCS)C(=O)[O][Sn]([CH3])([CH3])[O]C(=O)C(CCS)CCCCCCCCCCCCCCCCCCCC. The fourth-order valence-electron chi connectivity index (χ4n) is 8.33. The van der Waals surface area contributed by atoms with Crippen LogP contribution < -0.4 is 0 Å². The van der Waals surface area contributed by atoms with Gasteiger partial charge in [0.2, 0.25) is 0 Å². The Bertz CT molecular complexity index is 790. The van der Waals surface area contributed by atoms with Gasteiger partial charge < -0.3 is 0 Å². The van der Waals surface area contributed by atoms with Gasteiger partial charge in [0.05, 0.1) is 0 Å². The monoisotopic (exact) mass is 949 g/mol. The quantitative estimate of drug-likeness (QED) is 0.0363. The standard InChI is InChI=1S/2C24H48O2S.2CH3.Sn/c2*1-2-3-4-5-6-7-8-9-10-11-12-13-14-15-16-17-18-19-20-23(21-22-27)24(25)26;;;/h2*23,27H,2-22H2,1H3,(H,25,26);2*1H3;/q;;;;+2/p-2. The van der Waals surface area contributed by atoms with E-state index in [1.165, 1.54) is 218 Å². The summed E-state index contributed by atoms with van der Waals surface area (Å²) in [5.74, 6) is 0.700. The molecular formula is C50H100O4S2Sn. The Balaban J connectivity index is 4.05. The van der Waals surface area contributed by atoms with E-state index in [2.05, 4.69) is 39.1 Å². The zero-order chi connectivity index (χ0) is 41.9. The average molecular weight is 948 g/mol. The van der Waals surface area contributed by atoms with E-state index in [-0.39, 0.29) is 23.8 Å². The van der Waals surface area contributed by atoms with Gasteiger partial charge in [0.25, 0.3) is 0 Å². The van der Waals surface area contributed by atoms with E-state index in [4.69, 9.17) is 6.15 Å². The predicted molar refractivity (Wildman–Crippen MR) is 260 cm³/mol. The molecule has 0 aromatic rings. The van der Waals surface area contributed by atoms with Gasteiger partial charge in [-0.3, -0.25) is 0 Å². The maximum absolute atomic E-state index is 13.3. The molecule has 0 rings (SSSR count). The molecule has 0 aliphatic heterocycles. The van der Waals surface area contributed by atoms with Gasteiger partial charge >= 0.3 is 234 Å². The molecule has 0 N–H and O–H groups in total. The molecule has 0 saturated carbocycles. The summed E-state index contributed by atoms with van der Waals surface area (Å²) in [6.45, 7) is 4.58. The third kappa shape index (κ3) is 40.3. The molecule has 57 heavy (non-hydrogen) atoms. The fourth-order valence-corrected chi connectivity index (χ4v) is 12.8. The van der Waals surface area contributed by atoms with Crippen LogP contribution in [0.5, 0.6) is 0 Å². The second-order valence-electron chi connectivity index (χ2n) is 18.3. The van der Waals surface area contributed by atoms with Crippen LogP contribution in [0.25, 0.3) is 0 Å². The van der Waals surface area contributed by atoms with E-state index in [1.54, 1.807) is 0 Å². The second kappa shape index (κ2) is 44.5. The maximum atomic E-state index is 13.3. The van der Waals surface area contributed by atoms with Crippen molar-refractivity contribution in [1.29, 1.82) is 0 Å². The minimum Gasteiger partial charge on any atom is -0.0654 e. The van der Waals surface area contributed by atoms with Crippen molar-refractivity contribution in [2.45, 2.75) is 281 Å². The van der Waals surface area contributed by atoms with Gasteiger partial charge in [-0.05, 0) is 0 Å². The molecule has 340 valence electrons. The van der Waals surface area contributed by atoms with Crippen LogP contribution in [0.3, 0.4) is 0 Å². The molecule has 0 amide bonds. The summed E-state index contributed by atoms with van der Waals surface area (Å²) in [5.41, 5.74) is 0. The molecule has 0 spiro atoms. The number of thiol groups is 2. The van der Waals surface area contributed by atoms with Crippen LogP contribution in [0, 0.1) is 11.8 Å². The van der Waals surface area contributed by atoms with E-state index < -0.39 is 19.2 Å². The Morgan fingerprint density at radius 1 is 0.351 bits per heavy atom. The van der Waals surface area contributed by atoms with Gasteiger partial charge in [-0.1, -0.05) is 142 Å². The van der Waals surface area contributed by atoms with E-state index in [0.717, 1.165) is 38.5 Å². The van der Waals surface area contributed by atoms with Crippen LogP contribution in [0.4, 0.5) is 0 Å². The first-order valence-electron chi connectivity index (χ1n) is 25.5. The van der Waals surface area contributed by atoms with Crippen LogP contribution in [-0.2, 0) is 15.7 Å². The Morgan fingerprint density at radius 3 is 0.737 bits per heavy atom. The van der Waals surface area contributed by atoms with Crippen molar-refractivity contribution in [3.8, 4) is 0 Å². The first kappa shape index (κ1) is 57.4. The topological polar surface area (TPSA) is 52.6 Å². The van der Waals surface area contributed by atoms with Crippen molar-refractivity contribution in [2.24, 2.45) is 11.8 Å². The molecule has 0 heterocycles. The summed E-state index contributed by atoms with van der Waals surface area (Å²) in [4.78, 5) is 30.4. The van der Waals surface area contributed by atoms with Crippen LogP contribution in [-0.4, -0.2) is 42.6 Å². The Hall–Kier alpha value is 0.439. The molecule has 0 aromatic heterocycles. The van der Waals surface area contributed by atoms with Crippen molar-refractivity contribution in [1.82, 2.24) is 0 Å². The summed E-state index contributed by atoms with van der Waals surface area (Å²) in [7, 11) is 0. The number of hydrogen-bond acceptors (Lipinski definition) is 6. The number of unbranched alkanes of at least 4 members (excludes halogenated alkanes) is 34. The Labute approximate surface area is 373 Å². The number of carbonyl (C=O) groups is 2. The summed E-state index contributed by atoms with van der Waals surface area (Å²) < 4.78 is 12.1. The van der Waals surface area contributed by atoms with Crippen molar-refractivity contribution < 1.29 is 15.7 Å². The minimum absolute atomic E-state index is 0.147.